The van der Waals surface area contributed by atoms with E-state index in [1.807, 2.05) is 37.4 Å². The molecular weight excluding hydrogens is 276 g/mol. The summed E-state index contributed by atoms with van der Waals surface area (Å²) in [6.45, 7) is 6.31. The van der Waals surface area contributed by atoms with Gasteiger partial charge in [-0.2, -0.15) is 0 Å². The van der Waals surface area contributed by atoms with E-state index in [0.717, 1.165) is 51.3 Å². The summed E-state index contributed by atoms with van der Waals surface area (Å²) in [6, 6.07) is 9.00. The van der Waals surface area contributed by atoms with Crippen molar-refractivity contribution < 1.29 is 4.79 Å². The van der Waals surface area contributed by atoms with E-state index in [2.05, 4.69) is 16.8 Å². The van der Waals surface area contributed by atoms with Gasteiger partial charge in [0.25, 0.3) is 0 Å². The lowest BCUT2D eigenvalue weighted by Crippen LogP contribution is -2.45. The molecule has 22 heavy (non-hydrogen) atoms. The topological polar surface area (TPSA) is 52.8 Å². The maximum atomic E-state index is 12.3. The molecule has 1 aromatic rings. The van der Waals surface area contributed by atoms with Gasteiger partial charge in [-0.1, -0.05) is 30.3 Å². The molecule has 2 rings (SSSR count). The van der Waals surface area contributed by atoms with Crippen LogP contribution in [0.2, 0.25) is 0 Å². The molecule has 1 atom stereocenters. The van der Waals surface area contributed by atoms with Crippen LogP contribution < -0.4 is 5.73 Å². The Morgan fingerprint density at radius 2 is 1.86 bits per heavy atom. The third kappa shape index (κ3) is 4.80. The van der Waals surface area contributed by atoms with E-state index in [-0.39, 0.29) is 5.91 Å². The molecule has 1 amide bonds. The normalized spacial score (nSPS) is 18.1. The molecule has 0 radical (unpaired) electrons. The molecule has 0 bridgehead atoms. The zero-order chi connectivity index (χ0) is 15.9. The highest BCUT2D eigenvalue weighted by molar-refractivity contribution is 5.82. The average Bonchev–Trinajstić information content (AvgIpc) is 2.56. The molecule has 0 spiro atoms. The molecule has 122 valence electrons. The molecule has 0 saturated carbocycles. The maximum Gasteiger partial charge on any atom is 0.243 e. The molecule has 1 aliphatic heterocycles. The molecule has 0 aliphatic carbocycles. The minimum atomic E-state index is -0.560. The summed E-state index contributed by atoms with van der Waals surface area (Å²) in [6.07, 6.45) is 0.994. The Morgan fingerprint density at radius 3 is 2.50 bits per heavy atom. The van der Waals surface area contributed by atoms with Gasteiger partial charge in [-0.05, 0) is 25.6 Å². The Labute approximate surface area is 133 Å². The summed E-state index contributed by atoms with van der Waals surface area (Å²) in [7, 11) is 4.00. The summed E-state index contributed by atoms with van der Waals surface area (Å²) in [5, 5.41) is 0. The van der Waals surface area contributed by atoms with Gasteiger partial charge in [-0.3, -0.25) is 4.79 Å². The summed E-state index contributed by atoms with van der Waals surface area (Å²) in [5.41, 5.74) is 6.94. The summed E-state index contributed by atoms with van der Waals surface area (Å²) >= 11 is 0. The number of hydrogen-bond acceptors (Lipinski definition) is 4. The van der Waals surface area contributed by atoms with Gasteiger partial charge in [0.1, 0.15) is 6.04 Å². The Kier molecular flexibility index (Phi) is 6.36. The number of nitrogens with two attached hydrogens (primary N) is 1. The number of piperazine rings is 1. The van der Waals surface area contributed by atoms with Gasteiger partial charge in [0.05, 0.1) is 0 Å². The van der Waals surface area contributed by atoms with Gasteiger partial charge in [0.2, 0.25) is 5.91 Å². The number of carbonyl (C=O) groups is 1. The van der Waals surface area contributed by atoms with Crippen LogP contribution in [0.4, 0.5) is 0 Å². The second-order valence-electron chi connectivity index (χ2n) is 6.15. The quantitative estimate of drug-likeness (QED) is 0.844. The van der Waals surface area contributed by atoms with Gasteiger partial charge in [0.15, 0.2) is 0 Å². The number of hydrogen-bond donors (Lipinski definition) is 1. The maximum absolute atomic E-state index is 12.3. The number of benzene rings is 1. The summed E-state index contributed by atoms with van der Waals surface area (Å²) in [5.74, 6) is -0.00965. The van der Waals surface area contributed by atoms with Crippen molar-refractivity contribution in [3.8, 4) is 0 Å². The lowest BCUT2D eigenvalue weighted by molar-refractivity contribution is -0.131. The first-order chi connectivity index (χ1) is 10.6. The molecule has 1 aliphatic rings. The van der Waals surface area contributed by atoms with Crippen LogP contribution in [0.25, 0.3) is 0 Å². The van der Waals surface area contributed by atoms with Crippen molar-refractivity contribution >= 4 is 5.91 Å². The van der Waals surface area contributed by atoms with E-state index in [1.54, 1.807) is 4.90 Å². The van der Waals surface area contributed by atoms with Crippen LogP contribution in [0.1, 0.15) is 18.0 Å². The molecule has 0 unspecified atom stereocenters. The monoisotopic (exact) mass is 304 g/mol. The second-order valence-corrected chi connectivity index (χ2v) is 6.15. The van der Waals surface area contributed by atoms with Crippen LogP contribution >= 0.6 is 0 Å². The molecule has 0 aromatic heterocycles. The zero-order valence-corrected chi connectivity index (χ0v) is 13.7. The van der Waals surface area contributed by atoms with E-state index in [9.17, 15) is 4.79 Å². The first-order valence-electron chi connectivity index (χ1n) is 8.04. The first kappa shape index (κ1) is 16.9. The van der Waals surface area contributed by atoms with Crippen molar-refractivity contribution in [2.24, 2.45) is 5.73 Å². The van der Waals surface area contributed by atoms with Crippen molar-refractivity contribution in [1.82, 2.24) is 14.7 Å². The minimum Gasteiger partial charge on any atom is -0.344 e. The number of nitrogens with zero attached hydrogens (tertiary/aromatic N) is 3. The fourth-order valence-corrected chi connectivity index (χ4v) is 2.75. The molecule has 2 N–H and O–H groups in total. The smallest absolute Gasteiger partial charge is 0.243 e. The zero-order valence-electron chi connectivity index (χ0n) is 13.7. The fraction of sp³-hybridized carbons (Fsp3) is 0.588. The Balaban J connectivity index is 1.72. The van der Waals surface area contributed by atoms with Gasteiger partial charge in [-0.15, -0.1) is 0 Å². The van der Waals surface area contributed by atoms with Crippen LogP contribution in [-0.4, -0.2) is 74.0 Å². The van der Waals surface area contributed by atoms with E-state index in [1.165, 1.54) is 0 Å². The molecule has 1 heterocycles. The van der Waals surface area contributed by atoms with Crippen LogP contribution in [0.5, 0.6) is 0 Å². The predicted molar refractivity (Wildman–Crippen MR) is 89.6 cm³/mol. The molecule has 1 fully saturated rings. The van der Waals surface area contributed by atoms with Crippen LogP contribution in [0.15, 0.2) is 30.3 Å². The molecule has 5 heteroatoms. The Hall–Kier alpha value is -1.43. The lowest BCUT2D eigenvalue weighted by atomic mass is 10.1. The van der Waals surface area contributed by atoms with E-state index in [0.29, 0.717) is 0 Å². The third-order valence-corrected chi connectivity index (χ3v) is 4.36. The largest absolute Gasteiger partial charge is 0.344 e. The molecular formula is C17H28N4O. The van der Waals surface area contributed by atoms with Crippen molar-refractivity contribution in [3.05, 3.63) is 35.9 Å². The van der Waals surface area contributed by atoms with Gasteiger partial charge in [-0.25, -0.2) is 0 Å². The predicted octanol–water partition coefficient (Wildman–Crippen LogP) is 0.782. The molecule has 1 aromatic carbocycles. The minimum absolute atomic E-state index is 0.00965. The Morgan fingerprint density at radius 1 is 1.23 bits per heavy atom. The van der Waals surface area contributed by atoms with Crippen LogP contribution in [0, 0.1) is 0 Å². The highest BCUT2D eigenvalue weighted by Gasteiger charge is 2.20. The summed E-state index contributed by atoms with van der Waals surface area (Å²) < 4.78 is 0. The van der Waals surface area contributed by atoms with Crippen molar-refractivity contribution in [3.63, 3.8) is 0 Å². The highest BCUT2D eigenvalue weighted by Crippen LogP contribution is 2.12. The molecule has 5 nitrogen and oxygen atoms in total. The standard InChI is InChI=1S/C17H28N4O/c1-19-11-13-21(14-12-19)10-6-9-20(2)17(22)16(18)15-7-4-3-5-8-15/h3-5,7-8,16H,6,9-14,18H2,1-2H3/t16-/m0/s1. The van der Waals surface area contributed by atoms with Crippen molar-refractivity contribution in [1.29, 1.82) is 0 Å². The van der Waals surface area contributed by atoms with Gasteiger partial charge >= 0.3 is 0 Å². The van der Waals surface area contributed by atoms with Crippen LogP contribution in [0.3, 0.4) is 0 Å². The van der Waals surface area contributed by atoms with E-state index < -0.39 is 6.04 Å². The average molecular weight is 304 g/mol. The number of likely N-dealkylation sites (N-methyl/N-ethyl adjacent to an activating group) is 2. The fourth-order valence-electron chi connectivity index (χ4n) is 2.75. The van der Waals surface area contributed by atoms with Crippen LogP contribution in [-0.2, 0) is 4.79 Å². The summed E-state index contributed by atoms with van der Waals surface area (Å²) in [4.78, 5) is 18.9. The SMILES string of the molecule is CN1CCN(CCCN(C)C(=O)[C@@H](N)c2ccccc2)CC1. The third-order valence-electron chi connectivity index (χ3n) is 4.36. The Bertz CT molecular complexity index is 457. The van der Waals surface area contributed by atoms with Gasteiger partial charge in [0, 0.05) is 39.8 Å². The van der Waals surface area contributed by atoms with Crippen molar-refractivity contribution in [2.45, 2.75) is 12.5 Å². The molecule has 1 saturated heterocycles. The van der Waals surface area contributed by atoms with Crippen molar-refractivity contribution in [2.75, 3.05) is 53.4 Å². The van der Waals surface area contributed by atoms with E-state index in [4.69, 9.17) is 5.73 Å². The number of carbonyl (C=O) groups excluding carboxylic acids is 1. The second kappa shape index (κ2) is 8.27. The highest BCUT2D eigenvalue weighted by atomic mass is 16.2. The lowest BCUT2D eigenvalue weighted by Gasteiger charge is -2.32. The number of amides is 1. The van der Waals surface area contributed by atoms with Gasteiger partial charge < -0.3 is 20.4 Å². The van der Waals surface area contributed by atoms with E-state index >= 15 is 0 Å². The number of rotatable bonds is 6. The first-order valence-corrected chi connectivity index (χ1v) is 8.04.